The standard InChI is InChI=1S/C29H32N8O2/c1-20-27(23-16-31-35(2)17-23)34-37(24-10-5-4-6-11-24)28(20)33-29(38)32-26-19-36(12-13-39-3)18-25(26)22-9-7-8-21(14-22)15-30/h4-11,14,16-17,25-26H,12-13,18-19H2,1-3H3,(H2,32,33,38)/t25-,26+/m0/s1. The lowest BCUT2D eigenvalue weighted by Gasteiger charge is -2.21. The molecule has 2 aromatic heterocycles. The minimum absolute atomic E-state index is 0.0343. The fourth-order valence-corrected chi connectivity index (χ4v) is 5.14. The molecule has 0 aliphatic carbocycles. The first kappa shape index (κ1) is 26.2. The molecular weight excluding hydrogens is 492 g/mol. The highest BCUT2D eigenvalue weighted by atomic mass is 16.5. The molecule has 4 aromatic rings. The summed E-state index contributed by atoms with van der Waals surface area (Å²) >= 11 is 0. The monoisotopic (exact) mass is 524 g/mol. The highest BCUT2D eigenvalue weighted by molar-refractivity contribution is 5.91. The predicted molar refractivity (Wildman–Crippen MR) is 149 cm³/mol. The van der Waals surface area contributed by atoms with Gasteiger partial charge in [0.05, 0.1) is 36.2 Å². The Kier molecular flexibility index (Phi) is 7.72. The van der Waals surface area contributed by atoms with Crippen LogP contribution in [0.2, 0.25) is 0 Å². The van der Waals surface area contributed by atoms with E-state index in [9.17, 15) is 10.1 Å². The third-order valence-electron chi connectivity index (χ3n) is 7.10. The van der Waals surface area contributed by atoms with Crippen LogP contribution in [-0.4, -0.2) is 69.9 Å². The summed E-state index contributed by atoms with van der Waals surface area (Å²) in [7, 11) is 3.55. The van der Waals surface area contributed by atoms with E-state index in [0.717, 1.165) is 41.2 Å². The van der Waals surface area contributed by atoms with E-state index in [-0.39, 0.29) is 18.0 Å². The zero-order valence-electron chi connectivity index (χ0n) is 22.3. The largest absolute Gasteiger partial charge is 0.383 e. The van der Waals surface area contributed by atoms with Gasteiger partial charge in [-0.2, -0.15) is 15.5 Å². The van der Waals surface area contributed by atoms with Gasteiger partial charge in [-0.3, -0.25) is 14.9 Å². The second-order valence-corrected chi connectivity index (χ2v) is 9.77. The van der Waals surface area contributed by atoms with Gasteiger partial charge in [-0.1, -0.05) is 30.3 Å². The van der Waals surface area contributed by atoms with Crippen LogP contribution < -0.4 is 10.6 Å². The Balaban J connectivity index is 1.42. The van der Waals surface area contributed by atoms with E-state index in [0.29, 0.717) is 24.5 Å². The molecular formula is C29H32N8O2. The SMILES string of the molecule is COCCN1C[C@@H](NC(=O)Nc2c(C)c(-c3cnn(C)c3)nn2-c2ccccc2)[C@H](c2cccc(C#N)c2)C1. The number of aromatic nitrogens is 4. The third kappa shape index (κ3) is 5.70. The summed E-state index contributed by atoms with van der Waals surface area (Å²) in [6, 6.07) is 19.1. The molecule has 2 atom stereocenters. The van der Waals surface area contributed by atoms with Gasteiger partial charge in [0.25, 0.3) is 0 Å². The molecule has 10 nitrogen and oxygen atoms in total. The summed E-state index contributed by atoms with van der Waals surface area (Å²) in [5.74, 6) is 0.627. The van der Waals surface area contributed by atoms with Gasteiger partial charge >= 0.3 is 6.03 Å². The number of benzene rings is 2. The van der Waals surface area contributed by atoms with Crippen molar-refractivity contribution in [2.24, 2.45) is 7.05 Å². The van der Waals surface area contributed by atoms with Crippen molar-refractivity contribution in [3.63, 3.8) is 0 Å². The number of methoxy groups -OCH3 is 1. The van der Waals surface area contributed by atoms with Crippen LogP contribution in [0.5, 0.6) is 0 Å². The molecule has 1 aliphatic heterocycles. The van der Waals surface area contributed by atoms with E-state index < -0.39 is 0 Å². The number of rotatable bonds is 8. The summed E-state index contributed by atoms with van der Waals surface area (Å²) in [5, 5.41) is 24.8. The number of hydrogen-bond acceptors (Lipinski definition) is 6. The normalized spacial score (nSPS) is 17.2. The van der Waals surface area contributed by atoms with Crippen LogP contribution in [0.1, 0.15) is 22.6 Å². The van der Waals surface area contributed by atoms with Crippen molar-refractivity contribution in [3.05, 3.63) is 83.7 Å². The van der Waals surface area contributed by atoms with Gasteiger partial charge in [0, 0.05) is 57.0 Å². The second kappa shape index (κ2) is 11.5. The molecule has 3 heterocycles. The van der Waals surface area contributed by atoms with Crippen LogP contribution in [-0.2, 0) is 11.8 Å². The van der Waals surface area contributed by atoms with E-state index in [1.807, 2.05) is 68.7 Å². The summed E-state index contributed by atoms with van der Waals surface area (Å²) in [4.78, 5) is 15.8. The Hall–Kier alpha value is -4.46. The van der Waals surface area contributed by atoms with Crippen LogP contribution in [0, 0.1) is 18.3 Å². The number of likely N-dealkylation sites (tertiary alicyclic amines) is 1. The van der Waals surface area contributed by atoms with E-state index in [1.54, 1.807) is 28.7 Å². The van der Waals surface area contributed by atoms with E-state index in [2.05, 4.69) is 26.7 Å². The third-order valence-corrected chi connectivity index (χ3v) is 7.10. The second-order valence-electron chi connectivity index (χ2n) is 9.77. The molecule has 10 heteroatoms. The first-order chi connectivity index (χ1) is 19.0. The molecule has 2 amide bonds. The number of hydrogen-bond donors (Lipinski definition) is 2. The smallest absolute Gasteiger partial charge is 0.320 e. The summed E-state index contributed by atoms with van der Waals surface area (Å²) in [6.07, 6.45) is 3.67. The van der Waals surface area contributed by atoms with Crippen molar-refractivity contribution in [2.45, 2.75) is 18.9 Å². The Morgan fingerprint density at radius 3 is 2.72 bits per heavy atom. The van der Waals surface area contributed by atoms with Gasteiger partial charge in [-0.15, -0.1) is 0 Å². The topological polar surface area (TPSA) is 113 Å². The first-order valence-electron chi connectivity index (χ1n) is 12.9. The molecule has 39 heavy (non-hydrogen) atoms. The summed E-state index contributed by atoms with van der Waals surface area (Å²) in [6.45, 7) is 4.75. The molecule has 0 saturated carbocycles. The molecule has 0 radical (unpaired) electrons. The van der Waals surface area contributed by atoms with Gasteiger partial charge in [0.1, 0.15) is 11.5 Å². The number of anilines is 1. The van der Waals surface area contributed by atoms with Crippen LogP contribution in [0.3, 0.4) is 0 Å². The van der Waals surface area contributed by atoms with Gasteiger partial charge < -0.3 is 10.1 Å². The molecule has 1 fully saturated rings. The Morgan fingerprint density at radius 1 is 1.18 bits per heavy atom. The molecule has 2 N–H and O–H groups in total. The first-order valence-corrected chi connectivity index (χ1v) is 12.9. The number of ether oxygens (including phenoxy) is 1. The Morgan fingerprint density at radius 2 is 2.00 bits per heavy atom. The van der Waals surface area contributed by atoms with Crippen molar-refractivity contribution in [3.8, 4) is 23.0 Å². The summed E-state index contributed by atoms with van der Waals surface area (Å²) in [5.41, 5.74) is 4.94. The van der Waals surface area contributed by atoms with Crippen molar-refractivity contribution >= 4 is 11.8 Å². The highest BCUT2D eigenvalue weighted by Gasteiger charge is 2.35. The molecule has 200 valence electrons. The number of nitriles is 1. The number of aryl methyl sites for hydroxylation is 1. The van der Waals surface area contributed by atoms with Gasteiger partial charge in [0.15, 0.2) is 0 Å². The lowest BCUT2D eigenvalue weighted by Crippen LogP contribution is -2.42. The minimum Gasteiger partial charge on any atom is -0.383 e. The van der Waals surface area contributed by atoms with Crippen molar-refractivity contribution in [1.29, 1.82) is 5.26 Å². The lowest BCUT2D eigenvalue weighted by molar-refractivity contribution is 0.159. The Bertz CT molecular complexity index is 1490. The van der Waals surface area contributed by atoms with Gasteiger partial charge in [-0.05, 0) is 36.8 Å². The number of nitrogens with zero attached hydrogens (tertiary/aromatic N) is 6. The summed E-state index contributed by atoms with van der Waals surface area (Å²) < 4.78 is 8.77. The number of urea groups is 1. The number of amides is 2. The van der Waals surface area contributed by atoms with E-state index >= 15 is 0 Å². The number of para-hydroxylation sites is 1. The number of carbonyl (C=O) groups excluding carboxylic acids is 1. The molecule has 0 spiro atoms. The van der Waals surface area contributed by atoms with Crippen molar-refractivity contribution < 1.29 is 9.53 Å². The maximum Gasteiger partial charge on any atom is 0.320 e. The average molecular weight is 525 g/mol. The van der Waals surface area contributed by atoms with Crippen LogP contribution >= 0.6 is 0 Å². The van der Waals surface area contributed by atoms with Gasteiger partial charge in [-0.25, -0.2) is 9.48 Å². The molecule has 0 unspecified atom stereocenters. The van der Waals surface area contributed by atoms with Crippen LogP contribution in [0.4, 0.5) is 10.6 Å². The number of carbonyl (C=O) groups is 1. The highest BCUT2D eigenvalue weighted by Crippen LogP contribution is 2.31. The predicted octanol–water partition coefficient (Wildman–Crippen LogP) is 3.69. The van der Waals surface area contributed by atoms with E-state index in [4.69, 9.17) is 9.84 Å². The van der Waals surface area contributed by atoms with Gasteiger partial charge in [0.2, 0.25) is 0 Å². The lowest BCUT2D eigenvalue weighted by atomic mass is 9.93. The quantitative estimate of drug-likeness (QED) is 0.364. The number of nitrogens with one attached hydrogen (secondary N) is 2. The molecule has 2 aromatic carbocycles. The van der Waals surface area contributed by atoms with E-state index in [1.165, 1.54) is 0 Å². The maximum atomic E-state index is 13.5. The zero-order valence-corrected chi connectivity index (χ0v) is 22.3. The minimum atomic E-state index is -0.312. The maximum absolute atomic E-state index is 13.5. The fraction of sp³-hybridized carbons (Fsp3) is 0.310. The van der Waals surface area contributed by atoms with Crippen molar-refractivity contribution in [1.82, 2.24) is 29.8 Å². The molecule has 1 aliphatic rings. The molecule has 1 saturated heterocycles. The Labute approximate surface area is 227 Å². The fourth-order valence-electron chi connectivity index (χ4n) is 5.14. The van der Waals surface area contributed by atoms with Crippen LogP contribution in [0.25, 0.3) is 16.9 Å². The molecule has 5 rings (SSSR count). The zero-order chi connectivity index (χ0) is 27.4. The van der Waals surface area contributed by atoms with Crippen LogP contribution in [0.15, 0.2) is 67.0 Å². The molecule has 0 bridgehead atoms. The van der Waals surface area contributed by atoms with Crippen molar-refractivity contribution in [2.75, 3.05) is 38.7 Å². The average Bonchev–Trinajstić information content (AvgIpc) is 3.65.